The second-order valence-electron chi connectivity index (χ2n) is 5.54. The number of hydrazine groups is 1. The highest BCUT2D eigenvalue weighted by atomic mass is 32.1. The summed E-state index contributed by atoms with van der Waals surface area (Å²) in [6, 6.07) is 17.7. The number of carbonyl (C=O) groups excluding carboxylic acids is 1. The minimum atomic E-state index is -0.154. The fourth-order valence-electron chi connectivity index (χ4n) is 2.28. The van der Waals surface area contributed by atoms with Crippen LogP contribution < -0.4 is 20.9 Å². The molecule has 0 saturated carbocycles. The maximum Gasteiger partial charge on any atom is 0.242 e. The van der Waals surface area contributed by atoms with Crippen LogP contribution in [-0.4, -0.2) is 24.7 Å². The second kappa shape index (κ2) is 10.3. The zero-order valence-corrected chi connectivity index (χ0v) is 15.1. The van der Waals surface area contributed by atoms with Gasteiger partial charge in [-0.2, -0.15) is 0 Å². The van der Waals surface area contributed by atoms with Crippen LogP contribution in [0.5, 0.6) is 5.75 Å². The van der Waals surface area contributed by atoms with Crippen LogP contribution in [-0.2, 0) is 17.6 Å². The monoisotopic (exact) mass is 357 g/mol. The molecule has 0 saturated heterocycles. The zero-order valence-electron chi connectivity index (χ0n) is 14.2. The van der Waals surface area contributed by atoms with Crippen LogP contribution in [0.15, 0.2) is 54.6 Å². The van der Waals surface area contributed by atoms with Crippen molar-refractivity contribution in [3.63, 3.8) is 0 Å². The first-order valence-electron chi connectivity index (χ1n) is 8.17. The van der Waals surface area contributed by atoms with E-state index in [4.69, 9.17) is 17.0 Å². The molecule has 6 heteroatoms. The number of amides is 1. The average Bonchev–Trinajstić information content (AvgIpc) is 2.65. The molecule has 3 N–H and O–H groups in total. The molecule has 0 aromatic heterocycles. The van der Waals surface area contributed by atoms with E-state index in [2.05, 4.69) is 28.3 Å². The van der Waals surface area contributed by atoms with Crippen molar-refractivity contribution in [1.82, 2.24) is 16.2 Å². The van der Waals surface area contributed by atoms with Gasteiger partial charge >= 0.3 is 0 Å². The smallest absolute Gasteiger partial charge is 0.242 e. The molecule has 25 heavy (non-hydrogen) atoms. The van der Waals surface area contributed by atoms with E-state index in [1.54, 1.807) is 7.11 Å². The molecule has 2 rings (SSSR count). The third-order valence-electron chi connectivity index (χ3n) is 3.61. The zero-order chi connectivity index (χ0) is 17.9. The Morgan fingerprint density at radius 2 is 1.72 bits per heavy atom. The predicted octanol–water partition coefficient (Wildman–Crippen LogP) is 2.37. The summed E-state index contributed by atoms with van der Waals surface area (Å²) in [4.78, 5) is 11.9. The molecule has 0 aliphatic carbocycles. The molecule has 0 aliphatic rings. The van der Waals surface area contributed by atoms with E-state index in [-0.39, 0.29) is 12.3 Å². The maximum absolute atomic E-state index is 11.9. The van der Waals surface area contributed by atoms with Gasteiger partial charge in [-0.1, -0.05) is 42.5 Å². The first-order chi connectivity index (χ1) is 12.2. The molecular formula is C19H23N3O2S. The summed E-state index contributed by atoms with van der Waals surface area (Å²) in [5.74, 6) is 0.613. The summed E-state index contributed by atoms with van der Waals surface area (Å²) in [6.07, 6.45) is 2.22. The highest BCUT2D eigenvalue weighted by molar-refractivity contribution is 7.80. The number of ether oxygens (including phenoxy) is 1. The molecule has 132 valence electrons. The van der Waals surface area contributed by atoms with Gasteiger partial charge in [-0.05, 0) is 48.3 Å². The molecule has 0 bridgehead atoms. The molecule has 0 aliphatic heterocycles. The van der Waals surface area contributed by atoms with Gasteiger partial charge in [0.05, 0.1) is 13.5 Å². The third-order valence-corrected chi connectivity index (χ3v) is 3.86. The van der Waals surface area contributed by atoms with Crippen LogP contribution in [0.3, 0.4) is 0 Å². The number of hydrogen-bond donors (Lipinski definition) is 3. The lowest BCUT2D eigenvalue weighted by molar-refractivity contribution is -0.121. The molecule has 0 atom stereocenters. The van der Waals surface area contributed by atoms with E-state index in [0.29, 0.717) is 5.11 Å². The van der Waals surface area contributed by atoms with Crippen molar-refractivity contribution in [2.24, 2.45) is 0 Å². The number of hydrogen-bond acceptors (Lipinski definition) is 3. The molecule has 1 amide bonds. The summed E-state index contributed by atoms with van der Waals surface area (Å²) in [5.41, 5.74) is 7.52. The van der Waals surface area contributed by atoms with E-state index in [1.807, 2.05) is 42.5 Å². The van der Waals surface area contributed by atoms with Crippen molar-refractivity contribution >= 4 is 23.2 Å². The predicted molar refractivity (Wildman–Crippen MR) is 103 cm³/mol. The molecule has 5 nitrogen and oxygen atoms in total. The van der Waals surface area contributed by atoms with Crippen LogP contribution >= 0.6 is 12.2 Å². The largest absolute Gasteiger partial charge is 0.497 e. The highest BCUT2D eigenvalue weighted by Gasteiger charge is 2.04. The van der Waals surface area contributed by atoms with Gasteiger partial charge in [0.15, 0.2) is 5.11 Å². The molecule has 0 spiro atoms. The molecule has 0 heterocycles. The first-order valence-corrected chi connectivity index (χ1v) is 8.58. The Labute approximate surface area is 153 Å². The molecule has 0 radical (unpaired) electrons. The Bertz CT molecular complexity index is 675. The van der Waals surface area contributed by atoms with Gasteiger partial charge in [-0.15, -0.1) is 0 Å². The number of nitrogens with one attached hydrogen (secondary N) is 3. The maximum atomic E-state index is 11.9. The Hall–Kier alpha value is -2.60. The van der Waals surface area contributed by atoms with E-state index < -0.39 is 0 Å². The fraction of sp³-hybridized carbons (Fsp3) is 0.263. The second-order valence-corrected chi connectivity index (χ2v) is 5.95. The number of rotatable bonds is 7. The number of methoxy groups -OCH3 is 1. The van der Waals surface area contributed by atoms with E-state index >= 15 is 0 Å². The molecule has 2 aromatic carbocycles. The molecule has 2 aromatic rings. The Balaban J connectivity index is 1.59. The van der Waals surface area contributed by atoms with Crippen LogP contribution in [0.1, 0.15) is 17.5 Å². The Morgan fingerprint density at radius 3 is 2.40 bits per heavy atom. The lowest BCUT2D eigenvalue weighted by atomic mass is 10.1. The summed E-state index contributed by atoms with van der Waals surface area (Å²) in [5, 5.41) is 3.49. The van der Waals surface area contributed by atoms with Crippen molar-refractivity contribution in [1.29, 1.82) is 0 Å². The lowest BCUT2D eigenvalue weighted by Gasteiger charge is -2.11. The minimum absolute atomic E-state index is 0.154. The summed E-state index contributed by atoms with van der Waals surface area (Å²) < 4.78 is 5.09. The Kier molecular flexibility index (Phi) is 7.72. The van der Waals surface area contributed by atoms with Crippen molar-refractivity contribution in [2.75, 3.05) is 13.7 Å². The van der Waals surface area contributed by atoms with Crippen molar-refractivity contribution < 1.29 is 9.53 Å². The van der Waals surface area contributed by atoms with Crippen LogP contribution in [0, 0.1) is 0 Å². The summed E-state index contributed by atoms with van der Waals surface area (Å²) >= 11 is 5.15. The van der Waals surface area contributed by atoms with E-state index in [9.17, 15) is 4.79 Å². The van der Waals surface area contributed by atoms with Gasteiger partial charge in [-0.3, -0.25) is 15.6 Å². The molecular weight excluding hydrogens is 334 g/mol. The van der Waals surface area contributed by atoms with Gasteiger partial charge in [0, 0.05) is 6.54 Å². The van der Waals surface area contributed by atoms with E-state index in [0.717, 1.165) is 30.7 Å². The topological polar surface area (TPSA) is 62.4 Å². The van der Waals surface area contributed by atoms with Crippen molar-refractivity contribution in [3.8, 4) is 5.75 Å². The number of carbonyl (C=O) groups is 1. The minimum Gasteiger partial charge on any atom is -0.497 e. The van der Waals surface area contributed by atoms with Crippen molar-refractivity contribution in [3.05, 3.63) is 65.7 Å². The van der Waals surface area contributed by atoms with Gasteiger partial charge in [0.25, 0.3) is 0 Å². The summed E-state index contributed by atoms with van der Waals surface area (Å²) in [6.45, 7) is 0.745. The van der Waals surface area contributed by atoms with Gasteiger partial charge in [0.2, 0.25) is 5.91 Å². The van der Waals surface area contributed by atoms with Crippen LogP contribution in [0.25, 0.3) is 0 Å². The number of aryl methyl sites for hydroxylation is 1. The van der Waals surface area contributed by atoms with Crippen LogP contribution in [0.4, 0.5) is 0 Å². The van der Waals surface area contributed by atoms with Crippen LogP contribution in [0.2, 0.25) is 0 Å². The van der Waals surface area contributed by atoms with Gasteiger partial charge < -0.3 is 10.1 Å². The Morgan fingerprint density at radius 1 is 1.00 bits per heavy atom. The first kappa shape index (κ1) is 18.7. The van der Waals surface area contributed by atoms with Gasteiger partial charge in [0.1, 0.15) is 5.75 Å². The standard InChI is InChI=1S/C19H23N3O2S/c1-24-17-11-9-16(10-12-17)14-18(23)21-22-19(25)20-13-5-8-15-6-3-2-4-7-15/h2-4,6-7,9-12H,5,8,13-14H2,1H3,(H,21,23)(H2,20,22,25). The average molecular weight is 357 g/mol. The van der Waals surface area contributed by atoms with E-state index in [1.165, 1.54) is 5.56 Å². The van der Waals surface area contributed by atoms with Gasteiger partial charge in [-0.25, -0.2) is 0 Å². The number of benzene rings is 2. The lowest BCUT2D eigenvalue weighted by Crippen LogP contribution is -2.47. The molecule has 0 fully saturated rings. The highest BCUT2D eigenvalue weighted by Crippen LogP contribution is 2.11. The fourth-order valence-corrected chi connectivity index (χ4v) is 2.44. The summed E-state index contributed by atoms with van der Waals surface area (Å²) in [7, 11) is 1.61. The quantitative estimate of drug-likeness (QED) is 0.403. The SMILES string of the molecule is COc1ccc(CC(=O)NNC(=S)NCCCc2ccccc2)cc1. The third kappa shape index (κ3) is 7.22. The normalized spacial score (nSPS) is 9.96. The van der Waals surface area contributed by atoms with Crippen molar-refractivity contribution in [2.45, 2.75) is 19.3 Å². The number of thiocarbonyl (C=S) groups is 1. The molecule has 0 unspecified atom stereocenters.